The lowest BCUT2D eigenvalue weighted by atomic mass is 9.96. The minimum atomic E-state index is -1.18. The Bertz CT molecular complexity index is 1420. The van der Waals surface area contributed by atoms with E-state index in [1.807, 2.05) is 36.4 Å². The molecule has 0 aromatic heterocycles. The van der Waals surface area contributed by atoms with Gasteiger partial charge in [0.05, 0.1) is 19.8 Å². The van der Waals surface area contributed by atoms with Crippen LogP contribution in [-0.2, 0) is 6.54 Å². The quantitative estimate of drug-likeness (QED) is 0.220. The largest absolute Gasteiger partial charge is 0.507 e. The summed E-state index contributed by atoms with van der Waals surface area (Å²) in [6, 6.07) is 24.8. The number of nitrogens with one attached hydrogen (secondary N) is 1. The molecule has 188 valence electrons. The number of aromatic hydroxyl groups is 1. The molecular formula is C31H29NO5. The average molecular weight is 496 g/mol. The number of anilines is 1. The molecule has 4 aromatic rings. The van der Waals surface area contributed by atoms with Crippen LogP contribution in [0.2, 0.25) is 0 Å². The third-order valence-corrected chi connectivity index (χ3v) is 6.24. The summed E-state index contributed by atoms with van der Waals surface area (Å²) in [5.41, 5.74) is 6.84. The van der Waals surface area contributed by atoms with Gasteiger partial charge in [0.25, 0.3) is 0 Å². The SMILES string of the molecule is COc1cc(C=Cc2cccc(-c3ccccc3)c2C)cc(OC)c1CNc1ccc(C(=O)O)c(O)c1. The third-order valence-electron chi connectivity index (χ3n) is 6.24. The molecule has 0 atom stereocenters. The standard InChI is InChI=1S/C31H29NO5/c1-20-22(10-7-11-25(20)23-8-5-4-6-9-23)13-12-21-16-29(36-2)27(30(17-21)37-3)19-32-24-14-15-26(31(34)35)28(33)18-24/h4-18,32-33H,19H2,1-3H3,(H,34,35). The summed E-state index contributed by atoms with van der Waals surface area (Å²) in [6.07, 6.45) is 4.11. The van der Waals surface area contributed by atoms with E-state index in [2.05, 4.69) is 48.6 Å². The monoisotopic (exact) mass is 495 g/mol. The van der Waals surface area contributed by atoms with Gasteiger partial charge in [-0.15, -0.1) is 0 Å². The van der Waals surface area contributed by atoms with Crippen molar-refractivity contribution in [2.75, 3.05) is 19.5 Å². The summed E-state index contributed by atoms with van der Waals surface area (Å²) in [6.45, 7) is 2.47. The van der Waals surface area contributed by atoms with Gasteiger partial charge in [0.15, 0.2) is 0 Å². The van der Waals surface area contributed by atoms with Crippen molar-refractivity contribution in [2.24, 2.45) is 0 Å². The van der Waals surface area contributed by atoms with Crippen LogP contribution < -0.4 is 14.8 Å². The molecule has 3 N–H and O–H groups in total. The van der Waals surface area contributed by atoms with E-state index >= 15 is 0 Å². The Morgan fingerprint density at radius 2 is 1.59 bits per heavy atom. The maximum absolute atomic E-state index is 11.1. The highest BCUT2D eigenvalue weighted by molar-refractivity contribution is 5.91. The molecular weight excluding hydrogens is 466 g/mol. The first kappa shape index (κ1) is 25.4. The van der Waals surface area contributed by atoms with Gasteiger partial charge >= 0.3 is 5.97 Å². The first-order valence-electron chi connectivity index (χ1n) is 11.8. The van der Waals surface area contributed by atoms with E-state index in [1.165, 1.54) is 28.8 Å². The number of hydrogen-bond donors (Lipinski definition) is 3. The Labute approximate surface area is 216 Å². The van der Waals surface area contributed by atoms with Crippen LogP contribution in [0.1, 0.15) is 32.6 Å². The number of hydrogen-bond acceptors (Lipinski definition) is 5. The molecule has 0 spiro atoms. The molecule has 4 aromatic carbocycles. The number of benzene rings is 4. The van der Waals surface area contributed by atoms with E-state index in [4.69, 9.17) is 14.6 Å². The van der Waals surface area contributed by atoms with Crippen LogP contribution in [0.3, 0.4) is 0 Å². The fraction of sp³-hybridized carbons (Fsp3) is 0.129. The van der Waals surface area contributed by atoms with Gasteiger partial charge in [-0.25, -0.2) is 4.79 Å². The molecule has 0 saturated carbocycles. The maximum Gasteiger partial charge on any atom is 0.339 e. The number of carboxylic acids is 1. The van der Waals surface area contributed by atoms with Crippen molar-refractivity contribution >= 4 is 23.8 Å². The summed E-state index contributed by atoms with van der Waals surface area (Å²) in [5.74, 6) is -0.193. The molecule has 0 heterocycles. The van der Waals surface area contributed by atoms with Gasteiger partial charge in [-0.05, 0) is 59.0 Å². The summed E-state index contributed by atoms with van der Waals surface area (Å²) in [5, 5.41) is 22.3. The van der Waals surface area contributed by atoms with Crippen LogP contribution in [0.4, 0.5) is 5.69 Å². The molecule has 0 fully saturated rings. The highest BCUT2D eigenvalue weighted by Gasteiger charge is 2.14. The van der Waals surface area contributed by atoms with E-state index in [0.717, 1.165) is 16.7 Å². The number of carboxylic acid groups (broad SMARTS) is 1. The van der Waals surface area contributed by atoms with E-state index in [-0.39, 0.29) is 11.3 Å². The van der Waals surface area contributed by atoms with Crippen molar-refractivity contribution in [2.45, 2.75) is 13.5 Å². The minimum Gasteiger partial charge on any atom is -0.507 e. The fourth-order valence-electron chi connectivity index (χ4n) is 4.24. The fourth-order valence-corrected chi connectivity index (χ4v) is 4.24. The molecule has 0 saturated heterocycles. The third kappa shape index (κ3) is 5.76. The Kier molecular flexibility index (Phi) is 7.79. The second-order valence-corrected chi connectivity index (χ2v) is 8.51. The first-order chi connectivity index (χ1) is 17.9. The highest BCUT2D eigenvalue weighted by atomic mass is 16.5. The lowest BCUT2D eigenvalue weighted by molar-refractivity contribution is 0.0694. The van der Waals surface area contributed by atoms with Crippen LogP contribution in [0, 0.1) is 6.92 Å². The van der Waals surface area contributed by atoms with Gasteiger partial charge in [-0.3, -0.25) is 0 Å². The number of phenols is 1. The first-order valence-corrected chi connectivity index (χ1v) is 11.8. The lowest BCUT2D eigenvalue weighted by Crippen LogP contribution is -2.05. The topological polar surface area (TPSA) is 88.0 Å². The molecule has 0 aliphatic heterocycles. The van der Waals surface area contributed by atoms with Crippen molar-refractivity contribution in [3.63, 3.8) is 0 Å². The molecule has 4 rings (SSSR count). The minimum absolute atomic E-state index is 0.151. The summed E-state index contributed by atoms with van der Waals surface area (Å²) < 4.78 is 11.3. The van der Waals surface area contributed by atoms with Gasteiger partial charge in [-0.1, -0.05) is 60.7 Å². The highest BCUT2D eigenvalue weighted by Crippen LogP contribution is 2.33. The average Bonchev–Trinajstić information content (AvgIpc) is 2.91. The van der Waals surface area contributed by atoms with Crippen molar-refractivity contribution in [3.05, 3.63) is 107 Å². The van der Waals surface area contributed by atoms with Crippen molar-refractivity contribution in [1.29, 1.82) is 0 Å². The van der Waals surface area contributed by atoms with Gasteiger partial charge in [0, 0.05) is 18.3 Å². The molecule has 0 bridgehead atoms. The van der Waals surface area contributed by atoms with Gasteiger partial charge < -0.3 is 25.0 Å². The number of aromatic carboxylic acids is 1. The van der Waals surface area contributed by atoms with Crippen LogP contribution in [0.5, 0.6) is 17.2 Å². The summed E-state index contributed by atoms with van der Waals surface area (Å²) in [7, 11) is 3.21. The van der Waals surface area contributed by atoms with E-state index in [1.54, 1.807) is 20.3 Å². The molecule has 0 aliphatic carbocycles. The molecule has 0 unspecified atom stereocenters. The van der Waals surface area contributed by atoms with Crippen LogP contribution in [-0.4, -0.2) is 30.4 Å². The van der Waals surface area contributed by atoms with Crippen LogP contribution >= 0.6 is 0 Å². The normalized spacial score (nSPS) is 10.9. The van der Waals surface area contributed by atoms with E-state index < -0.39 is 5.97 Å². The summed E-state index contributed by atoms with van der Waals surface area (Å²) in [4.78, 5) is 11.1. The zero-order valence-corrected chi connectivity index (χ0v) is 21.0. The van der Waals surface area contributed by atoms with Crippen molar-refractivity contribution < 1.29 is 24.5 Å². The second kappa shape index (κ2) is 11.4. The van der Waals surface area contributed by atoms with Crippen molar-refractivity contribution in [1.82, 2.24) is 0 Å². The number of ether oxygens (including phenoxy) is 2. The number of carbonyl (C=O) groups is 1. The number of methoxy groups -OCH3 is 2. The van der Waals surface area contributed by atoms with Gasteiger partial charge in [-0.2, -0.15) is 0 Å². The molecule has 0 amide bonds. The second-order valence-electron chi connectivity index (χ2n) is 8.51. The number of rotatable bonds is 9. The molecule has 6 nitrogen and oxygen atoms in total. The van der Waals surface area contributed by atoms with E-state index in [9.17, 15) is 9.90 Å². The van der Waals surface area contributed by atoms with Gasteiger partial charge in [0.1, 0.15) is 22.8 Å². The van der Waals surface area contributed by atoms with Gasteiger partial charge in [0.2, 0.25) is 0 Å². The van der Waals surface area contributed by atoms with E-state index in [0.29, 0.717) is 23.7 Å². The molecule has 37 heavy (non-hydrogen) atoms. The van der Waals surface area contributed by atoms with Crippen LogP contribution in [0.25, 0.3) is 23.3 Å². The molecule has 6 heteroatoms. The predicted octanol–water partition coefficient (Wildman–Crippen LogP) is 6.87. The predicted molar refractivity (Wildman–Crippen MR) is 147 cm³/mol. The maximum atomic E-state index is 11.1. The zero-order chi connectivity index (χ0) is 26.4. The Morgan fingerprint density at radius 3 is 2.22 bits per heavy atom. The smallest absolute Gasteiger partial charge is 0.339 e. The Hall–Kier alpha value is -4.71. The lowest BCUT2D eigenvalue weighted by Gasteiger charge is -2.16. The Balaban J connectivity index is 1.58. The Morgan fingerprint density at radius 1 is 0.892 bits per heavy atom. The zero-order valence-electron chi connectivity index (χ0n) is 21.0. The van der Waals surface area contributed by atoms with Crippen LogP contribution in [0.15, 0.2) is 78.9 Å². The van der Waals surface area contributed by atoms with Crippen molar-refractivity contribution in [3.8, 4) is 28.4 Å². The molecule has 0 radical (unpaired) electrons. The molecule has 0 aliphatic rings. The summed E-state index contributed by atoms with van der Waals surface area (Å²) >= 11 is 0.